The van der Waals surface area contributed by atoms with Crippen LogP contribution in [0.3, 0.4) is 0 Å². The van der Waals surface area contributed by atoms with Gasteiger partial charge < -0.3 is 0 Å². The van der Waals surface area contributed by atoms with Crippen LogP contribution in [-0.4, -0.2) is 0 Å². The molecular formula is C22H28. The van der Waals surface area contributed by atoms with Gasteiger partial charge in [-0.25, -0.2) is 0 Å². The van der Waals surface area contributed by atoms with Crippen LogP contribution in [0, 0.1) is 0 Å². The van der Waals surface area contributed by atoms with Crippen LogP contribution in [0.5, 0.6) is 0 Å². The van der Waals surface area contributed by atoms with Crippen molar-refractivity contribution in [3.8, 4) is 0 Å². The molecule has 22 heavy (non-hydrogen) atoms. The lowest BCUT2D eigenvalue weighted by molar-refractivity contribution is 0.583. The summed E-state index contributed by atoms with van der Waals surface area (Å²) in [5, 5.41) is 2.67. The Kier molecular flexibility index (Phi) is 4.08. The van der Waals surface area contributed by atoms with Gasteiger partial charge in [0.25, 0.3) is 0 Å². The molecular weight excluding hydrogens is 264 g/mol. The summed E-state index contributed by atoms with van der Waals surface area (Å²) in [7, 11) is 0. The predicted molar refractivity (Wildman–Crippen MR) is 102 cm³/mol. The second-order valence-corrected chi connectivity index (χ2v) is 8.03. The molecule has 0 radical (unpaired) electrons. The molecule has 0 N–H and O–H groups in total. The molecule has 0 amide bonds. The Labute approximate surface area is 135 Å². The van der Waals surface area contributed by atoms with Gasteiger partial charge in [-0.15, -0.1) is 0 Å². The third kappa shape index (κ3) is 2.63. The van der Waals surface area contributed by atoms with Crippen LogP contribution in [0.1, 0.15) is 63.8 Å². The minimum atomic E-state index is 0.0529. The van der Waals surface area contributed by atoms with E-state index >= 15 is 0 Å². The SMILES string of the molecule is C=Cc1c(C=C)c(C(C)(C)C)c2ccccc2c1C(C)(C)C. The van der Waals surface area contributed by atoms with Gasteiger partial charge in [-0.2, -0.15) is 0 Å². The second-order valence-electron chi connectivity index (χ2n) is 8.03. The molecule has 2 aromatic carbocycles. The Morgan fingerprint density at radius 3 is 1.23 bits per heavy atom. The van der Waals surface area contributed by atoms with E-state index in [2.05, 4.69) is 79.0 Å². The zero-order valence-corrected chi connectivity index (χ0v) is 14.9. The Morgan fingerprint density at radius 1 is 0.682 bits per heavy atom. The highest BCUT2D eigenvalue weighted by Gasteiger charge is 2.28. The first-order valence-electron chi connectivity index (χ1n) is 7.97. The summed E-state index contributed by atoms with van der Waals surface area (Å²) in [6.45, 7) is 21.8. The van der Waals surface area contributed by atoms with Crippen LogP contribution < -0.4 is 0 Å². The first-order chi connectivity index (χ1) is 10.1. The third-order valence-corrected chi connectivity index (χ3v) is 4.20. The lowest BCUT2D eigenvalue weighted by Crippen LogP contribution is -2.20. The highest BCUT2D eigenvalue weighted by atomic mass is 14.3. The highest BCUT2D eigenvalue weighted by molar-refractivity contribution is 5.97. The number of benzene rings is 2. The van der Waals surface area contributed by atoms with E-state index in [1.807, 2.05) is 12.2 Å². The molecule has 0 aromatic heterocycles. The molecule has 0 aliphatic carbocycles. The van der Waals surface area contributed by atoms with Gasteiger partial charge in [-0.05, 0) is 43.9 Å². The van der Waals surface area contributed by atoms with E-state index in [0.717, 1.165) is 0 Å². The molecule has 0 heteroatoms. The summed E-state index contributed by atoms with van der Waals surface area (Å²) in [5.41, 5.74) is 5.29. The van der Waals surface area contributed by atoms with E-state index in [9.17, 15) is 0 Å². The van der Waals surface area contributed by atoms with Gasteiger partial charge in [-0.1, -0.05) is 91.1 Å². The van der Waals surface area contributed by atoms with Crippen LogP contribution in [0.15, 0.2) is 37.4 Å². The van der Waals surface area contributed by atoms with Crippen LogP contribution in [0.4, 0.5) is 0 Å². The molecule has 0 heterocycles. The fourth-order valence-corrected chi connectivity index (χ4v) is 3.52. The molecule has 2 rings (SSSR count). The minimum Gasteiger partial charge on any atom is -0.0984 e. The van der Waals surface area contributed by atoms with Crippen molar-refractivity contribution >= 4 is 22.9 Å². The van der Waals surface area contributed by atoms with Crippen molar-refractivity contribution in [3.63, 3.8) is 0 Å². The fourth-order valence-electron chi connectivity index (χ4n) is 3.52. The maximum absolute atomic E-state index is 4.10. The molecule has 0 bridgehead atoms. The fraction of sp³-hybridized carbons (Fsp3) is 0.364. The molecule has 0 nitrogen and oxygen atoms in total. The van der Waals surface area contributed by atoms with E-state index in [4.69, 9.17) is 0 Å². The Balaban J connectivity index is 3.18. The summed E-state index contributed by atoms with van der Waals surface area (Å²) in [6, 6.07) is 8.74. The van der Waals surface area contributed by atoms with Gasteiger partial charge in [0.1, 0.15) is 0 Å². The normalized spacial score (nSPS) is 12.5. The summed E-state index contributed by atoms with van der Waals surface area (Å²) in [5.74, 6) is 0. The number of hydrogen-bond acceptors (Lipinski definition) is 0. The molecule has 0 fully saturated rings. The first kappa shape index (κ1) is 16.5. The lowest BCUT2D eigenvalue weighted by Gasteiger charge is -2.32. The van der Waals surface area contributed by atoms with Crippen molar-refractivity contribution in [2.45, 2.75) is 52.4 Å². The van der Waals surface area contributed by atoms with Gasteiger partial charge in [-0.3, -0.25) is 0 Å². The second kappa shape index (κ2) is 5.43. The summed E-state index contributed by atoms with van der Waals surface area (Å²) >= 11 is 0. The Hall–Kier alpha value is -1.82. The van der Waals surface area contributed by atoms with Crippen LogP contribution in [0.2, 0.25) is 0 Å². The molecule has 0 saturated carbocycles. The number of rotatable bonds is 2. The monoisotopic (exact) mass is 292 g/mol. The molecule has 0 unspecified atom stereocenters. The van der Waals surface area contributed by atoms with E-state index in [1.54, 1.807) is 0 Å². The van der Waals surface area contributed by atoms with Crippen molar-refractivity contribution in [2.24, 2.45) is 0 Å². The Morgan fingerprint density at radius 2 is 1.00 bits per heavy atom. The first-order valence-corrected chi connectivity index (χ1v) is 7.97. The topological polar surface area (TPSA) is 0 Å². The average Bonchev–Trinajstić information content (AvgIpc) is 2.41. The van der Waals surface area contributed by atoms with Crippen molar-refractivity contribution in [3.05, 3.63) is 59.7 Å². The average molecular weight is 292 g/mol. The maximum atomic E-state index is 4.10. The van der Waals surface area contributed by atoms with E-state index in [-0.39, 0.29) is 10.8 Å². The van der Waals surface area contributed by atoms with Crippen molar-refractivity contribution in [1.29, 1.82) is 0 Å². The molecule has 0 saturated heterocycles. The maximum Gasteiger partial charge on any atom is -0.0120 e. The van der Waals surface area contributed by atoms with Gasteiger partial charge >= 0.3 is 0 Å². The standard InChI is InChI=1S/C22H28/c1-9-15-16(10-2)20(22(6,7)8)18-14-12-11-13-17(18)19(15)21(3,4)5/h9-14H,1-2H2,3-8H3. The summed E-state index contributed by atoms with van der Waals surface area (Å²) in [4.78, 5) is 0. The molecule has 116 valence electrons. The highest BCUT2D eigenvalue weighted by Crippen LogP contribution is 2.42. The van der Waals surface area contributed by atoms with Crippen molar-refractivity contribution < 1.29 is 0 Å². The molecule has 2 aromatic rings. The Bertz CT molecular complexity index is 667. The van der Waals surface area contributed by atoms with Gasteiger partial charge in [0.05, 0.1) is 0 Å². The molecule has 0 atom stereocenters. The third-order valence-electron chi connectivity index (χ3n) is 4.20. The van der Waals surface area contributed by atoms with Crippen LogP contribution in [-0.2, 0) is 10.8 Å². The zero-order chi connectivity index (χ0) is 16.7. The van der Waals surface area contributed by atoms with E-state index in [0.29, 0.717) is 0 Å². The van der Waals surface area contributed by atoms with Gasteiger partial charge in [0, 0.05) is 0 Å². The van der Waals surface area contributed by atoms with Gasteiger partial charge in [0.2, 0.25) is 0 Å². The van der Waals surface area contributed by atoms with Crippen LogP contribution in [0.25, 0.3) is 22.9 Å². The smallest absolute Gasteiger partial charge is 0.0120 e. The molecule has 0 aliphatic heterocycles. The van der Waals surface area contributed by atoms with Gasteiger partial charge in [0.15, 0.2) is 0 Å². The molecule has 0 spiro atoms. The van der Waals surface area contributed by atoms with E-state index in [1.165, 1.54) is 33.0 Å². The van der Waals surface area contributed by atoms with Crippen molar-refractivity contribution in [1.82, 2.24) is 0 Å². The lowest BCUT2D eigenvalue weighted by atomic mass is 9.72. The number of fused-ring (bicyclic) bond motifs is 1. The predicted octanol–water partition coefficient (Wildman–Crippen LogP) is 6.72. The number of hydrogen-bond donors (Lipinski definition) is 0. The van der Waals surface area contributed by atoms with Crippen LogP contribution >= 0.6 is 0 Å². The molecule has 0 aliphatic rings. The quantitative estimate of drug-likeness (QED) is 0.576. The summed E-state index contributed by atoms with van der Waals surface area (Å²) < 4.78 is 0. The summed E-state index contributed by atoms with van der Waals surface area (Å²) in [6.07, 6.45) is 4.00. The largest absolute Gasteiger partial charge is 0.0984 e. The van der Waals surface area contributed by atoms with E-state index < -0.39 is 0 Å². The minimum absolute atomic E-state index is 0.0529. The van der Waals surface area contributed by atoms with Crippen molar-refractivity contribution in [2.75, 3.05) is 0 Å². The zero-order valence-electron chi connectivity index (χ0n) is 14.9.